The highest BCUT2D eigenvalue weighted by Crippen LogP contribution is 2.65. The highest BCUT2D eigenvalue weighted by molar-refractivity contribution is 5.76. The summed E-state index contributed by atoms with van der Waals surface area (Å²) < 4.78 is 39.4. The molecule has 12 nitrogen and oxygen atoms in total. The molecule has 0 spiro atoms. The van der Waals surface area contributed by atoms with Crippen LogP contribution in [0.1, 0.15) is 58.3 Å². The lowest BCUT2D eigenvalue weighted by Gasteiger charge is -2.66. The molecule has 49 heavy (non-hydrogen) atoms. The summed E-state index contributed by atoms with van der Waals surface area (Å²) in [6.45, 7) is 15.5. The first-order chi connectivity index (χ1) is 23.7. The van der Waals surface area contributed by atoms with Crippen molar-refractivity contribution in [2.24, 2.45) is 22.7 Å². The van der Waals surface area contributed by atoms with Gasteiger partial charge in [0.15, 0.2) is 12.4 Å². The lowest BCUT2D eigenvalue weighted by molar-refractivity contribution is -0.301. The molecule has 3 aliphatic heterocycles. The van der Waals surface area contributed by atoms with Gasteiger partial charge >= 0.3 is 5.97 Å². The summed E-state index contributed by atoms with van der Waals surface area (Å²) in [6, 6.07) is 2.92. The molecule has 4 N–H and O–H groups in total. The third kappa shape index (κ3) is 5.36. The van der Waals surface area contributed by atoms with Gasteiger partial charge in [-0.15, -0.1) is 0 Å². The molecule has 0 amide bonds. The van der Waals surface area contributed by atoms with Crippen molar-refractivity contribution in [1.82, 2.24) is 15.2 Å². The molecule has 4 heterocycles. The van der Waals surface area contributed by atoms with Crippen LogP contribution in [-0.4, -0.2) is 127 Å². The summed E-state index contributed by atoms with van der Waals surface area (Å²) in [5.74, 6) is -1.73. The minimum atomic E-state index is -1.46. The second kappa shape index (κ2) is 12.5. The lowest BCUT2D eigenvalue weighted by atomic mass is 9.44. The van der Waals surface area contributed by atoms with Gasteiger partial charge in [-0.05, 0) is 49.6 Å². The van der Waals surface area contributed by atoms with Crippen molar-refractivity contribution in [3.63, 3.8) is 0 Å². The fraction of sp³-hybridized carbons (Fsp3) is 0.730. The van der Waals surface area contributed by atoms with Crippen molar-refractivity contribution in [2.45, 2.75) is 102 Å². The molecule has 6 aliphatic rings. The molecule has 1 saturated carbocycles. The molecule has 7 rings (SSSR count). The summed E-state index contributed by atoms with van der Waals surface area (Å²) in [5.41, 5.74) is -1.22. The van der Waals surface area contributed by atoms with E-state index in [1.54, 1.807) is 19.3 Å². The van der Waals surface area contributed by atoms with E-state index in [0.29, 0.717) is 25.5 Å². The first-order valence-corrected chi connectivity index (χ1v) is 17.7. The maximum absolute atomic E-state index is 14.0. The second-order valence-electron chi connectivity index (χ2n) is 15.9. The Bertz CT molecular complexity index is 1520. The molecule has 1 aromatic rings. The van der Waals surface area contributed by atoms with Gasteiger partial charge in [-0.1, -0.05) is 45.9 Å². The van der Waals surface area contributed by atoms with Gasteiger partial charge in [0.25, 0.3) is 0 Å². The molecule has 0 aromatic carbocycles. The summed E-state index contributed by atoms with van der Waals surface area (Å²) in [7, 11) is 1.67. The second-order valence-corrected chi connectivity index (χ2v) is 15.9. The van der Waals surface area contributed by atoms with Crippen LogP contribution in [0.4, 0.5) is 0 Å². The van der Waals surface area contributed by atoms with Gasteiger partial charge in [0.05, 0.1) is 37.2 Å². The van der Waals surface area contributed by atoms with Crippen LogP contribution in [0.5, 0.6) is 0 Å². The first-order valence-electron chi connectivity index (χ1n) is 18.1. The Balaban J connectivity index is 1.30. The Kier molecular flexibility index (Phi) is 8.61. The number of aromatic nitrogens is 1. The van der Waals surface area contributed by atoms with Crippen molar-refractivity contribution in [1.29, 1.82) is 1.43 Å². The zero-order valence-corrected chi connectivity index (χ0v) is 29.7. The number of fused-ring (bicyclic) bond motifs is 8. The minimum Gasteiger partial charge on any atom is -0.456 e. The molecule has 1 aromatic heterocycles. The summed E-state index contributed by atoms with van der Waals surface area (Å²) in [4.78, 5) is 20.7. The molecule has 4 fully saturated rings. The number of nitrogens with one attached hydrogen (secondary N) is 1. The van der Waals surface area contributed by atoms with E-state index in [9.17, 15) is 15.0 Å². The number of aliphatic hydroxyl groups is 3. The fourth-order valence-electron chi connectivity index (χ4n) is 10.1. The molecule has 0 radical (unpaired) electrons. The summed E-state index contributed by atoms with van der Waals surface area (Å²) in [5, 5.41) is 33.6. The summed E-state index contributed by atoms with van der Waals surface area (Å²) in [6.07, 6.45) is 1.40. The highest BCUT2D eigenvalue weighted by atomic mass is 16.7. The van der Waals surface area contributed by atoms with Gasteiger partial charge in [-0.25, -0.2) is 4.79 Å². The SMILES string of the molecule is [3H]O[C@@H](C(=O)O[C@H]1C[C@@]2(O)[C@@H](C)[C@H]3[C@@](C)(C=C[C@H]4OC[C@]43O)[C@@H]3O[C@H](CN4CCOCC4)O[C@@H]3C(=C1C)C2(C)C)[C@@H](NC)c1ccc(C)cn1. The quantitative estimate of drug-likeness (QED) is 0.233. The van der Waals surface area contributed by atoms with Crippen LogP contribution >= 0.6 is 0 Å². The molecular formula is C37H53N3O9. The smallest absolute Gasteiger partial charge is 0.337 e. The van der Waals surface area contributed by atoms with Crippen LogP contribution in [0.25, 0.3) is 0 Å². The number of aliphatic hydroxyl groups excluding tert-OH is 1. The zero-order chi connectivity index (χ0) is 35.8. The van der Waals surface area contributed by atoms with Gasteiger partial charge in [0, 0.05) is 49.0 Å². The number of rotatable bonds is 8. The van der Waals surface area contributed by atoms with Crippen molar-refractivity contribution >= 4 is 5.97 Å². The van der Waals surface area contributed by atoms with Crippen LogP contribution < -0.4 is 5.32 Å². The zero-order valence-electron chi connectivity index (χ0n) is 30.7. The van der Waals surface area contributed by atoms with E-state index >= 15 is 0 Å². The standard InChI is InChI=1S/C37H53N3O9/c1-20-8-9-23(39-17-20)28(38-7)29(41)33(42)47-24-16-37(44)22(3)31-35(6,11-10-25-36(31,43)19-46-25)32-30(27(21(24)2)34(37,4)5)48-26(49-32)18-40-12-14-45-15-13-40/h8-11,17,22,24-26,28-32,38,41,43-44H,12-16,18-19H2,1-7H3/t22-,24-,25+,26+,28-,29+,30+,31-,32+,35+,36-,37+/m0/s1/i41T. The van der Waals surface area contributed by atoms with Crippen molar-refractivity contribution in [2.75, 3.05) is 46.5 Å². The normalized spacial score (nSPS) is 42.8. The first kappa shape index (κ1) is 33.9. The number of carbonyl (C=O) groups excluding carboxylic acids is 1. The van der Waals surface area contributed by atoms with Crippen molar-refractivity contribution < 1.29 is 43.8 Å². The molecule has 12 atom stereocenters. The fourth-order valence-corrected chi connectivity index (χ4v) is 10.1. The molecule has 0 unspecified atom stereocenters. The average molecular weight is 686 g/mol. The Morgan fingerprint density at radius 1 is 1.20 bits per heavy atom. The van der Waals surface area contributed by atoms with Crippen LogP contribution in [0.3, 0.4) is 0 Å². The molecule has 12 heteroatoms. The van der Waals surface area contributed by atoms with Gasteiger partial charge in [-0.3, -0.25) is 9.88 Å². The van der Waals surface area contributed by atoms with Crippen LogP contribution in [0.2, 0.25) is 0 Å². The third-order valence-electron chi connectivity index (χ3n) is 12.9. The minimum absolute atomic E-state index is 0.0767. The summed E-state index contributed by atoms with van der Waals surface area (Å²) >= 11 is 0. The van der Waals surface area contributed by atoms with E-state index in [0.717, 1.165) is 29.8 Å². The van der Waals surface area contributed by atoms with Crippen LogP contribution in [0.15, 0.2) is 41.6 Å². The predicted molar refractivity (Wildman–Crippen MR) is 178 cm³/mol. The molecule has 2 bridgehead atoms. The molecular weight excluding hydrogens is 630 g/mol. The molecule has 3 saturated heterocycles. The number of hydrogen-bond donors (Lipinski definition) is 4. The molecule has 270 valence electrons. The Morgan fingerprint density at radius 2 is 1.96 bits per heavy atom. The maximum atomic E-state index is 14.0. The van der Waals surface area contributed by atoms with Crippen molar-refractivity contribution in [3.05, 3.63) is 52.9 Å². The average Bonchev–Trinajstić information content (AvgIpc) is 3.49. The number of likely N-dealkylation sites (N-methyl/N-ethyl adjacent to an activating group) is 1. The van der Waals surface area contributed by atoms with E-state index in [2.05, 4.69) is 28.2 Å². The van der Waals surface area contributed by atoms with E-state index in [-0.39, 0.29) is 13.0 Å². The van der Waals surface area contributed by atoms with Crippen molar-refractivity contribution in [3.8, 4) is 0 Å². The number of pyridine rings is 1. The van der Waals surface area contributed by atoms with Gasteiger partial charge in [-0.2, -0.15) is 0 Å². The number of morpholine rings is 1. The van der Waals surface area contributed by atoms with Gasteiger partial charge in [0.1, 0.15) is 30.0 Å². The van der Waals surface area contributed by atoms with E-state index < -0.39 is 82.7 Å². The van der Waals surface area contributed by atoms with E-state index in [1.807, 2.05) is 46.8 Å². The topological polar surface area (TPSA) is 152 Å². The van der Waals surface area contributed by atoms with Crippen LogP contribution in [-0.2, 0) is 28.5 Å². The highest BCUT2D eigenvalue weighted by Gasteiger charge is 2.72. The molecule has 3 aliphatic carbocycles. The Hall–Kier alpha value is -2.26. The van der Waals surface area contributed by atoms with E-state index in [4.69, 9.17) is 30.2 Å². The Labute approximate surface area is 290 Å². The van der Waals surface area contributed by atoms with Gasteiger partial charge in [0.2, 0.25) is 1.43 Å². The number of ether oxygens (including phenoxy) is 5. The third-order valence-corrected chi connectivity index (χ3v) is 12.9. The lowest BCUT2D eigenvalue weighted by Crippen LogP contribution is -2.75. The van der Waals surface area contributed by atoms with Gasteiger partial charge < -0.3 is 44.3 Å². The van der Waals surface area contributed by atoms with E-state index in [1.165, 1.54) is 0 Å². The maximum Gasteiger partial charge on any atom is 0.337 e. The largest absolute Gasteiger partial charge is 0.456 e. The monoisotopic (exact) mass is 685 g/mol. The van der Waals surface area contributed by atoms with Crippen LogP contribution in [0, 0.1) is 29.6 Å². The number of esters is 1. The number of hydrogen-bond acceptors (Lipinski definition) is 12. The number of nitrogens with zero attached hydrogens (tertiary/aromatic N) is 2. The Morgan fingerprint density at radius 3 is 2.59 bits per heavy atom. The number of aryl methyl sites for hydroxylation is 1. The predicted octanol–water partition coefficient (Wildman–Crippen LogP) is 1.81. The number of carbonyl (C=O) groups is 1.